The van der Waals surface area contributed by atoms with E-state index < -0.39 is 5.97 Å². The third kappa shape index (κ3) is 6.11. The SMILES string of the molecule is COCCCN=C(Nc1cccc(C(=O)O)c1)N1CCN(c2cccc(Cl)c2)CC1. The van der Waals surface area contributed by atoms with E-state index >= 15 is 0 Å². The topological polar surface area (TPSA) is 77.4 Å². The van der Waals surface area contributed by atoms with Gasteiger partial charge in [-0.25, -0.2) is 4.79 Å². The molecular formula is C22H27ClN4O3. The monoisotopic (exact) mass is 430 g/mol. The number of guanidine groups is 1. The van der Waals surface area contributed by atoms with Crippen molar-refractivity contribution in [1.82, 2.24) is 4.90 Å². The number of rotatable bonds is 7. The summed E-state index contributed by atoms with van der Waals surface area (Å²) in [5.41, 5.74) is 2.06. The van der Waals surface area contributed by atoms with Crippen LogP contribution in [0.15, 0.2) is 53.5 Å². The largest absolute Gasteiger partial charge is 0.478 e. The number of carbonyl (C=O) groups is 1. The molecule has 0 unspecified atom stereocenters. The summed E-state index contributed by atoms with van der Waals surface area (Å²) in [7, 11) is 1.68. The van der Waals surface area contributed by atoms with Gasteiger partial charge < -0.3 is 25.0 Å². The molecule has 0 saturated carbocycles. The number of methoxy groups -OCH3 is 1. The Morgan fingerprint density at radius 3 is 2.63 bits per heavy atom. The Kier molecular flexibility index (Phi) is 7.93. The number of hydrogen-bond acceptors (Lipinski definition) is 4. The van der Waals surface area contributed by atoms with Crippen LogP contribution in [-0.4, -0.2) is 68.4 Å². The van der Waals surface area contributed by atoms with Gasteiger partial charge in [0.15, 0.2) is 5.96 Å². The number of halogens is 1. The van der Waals surface area contributed by atoms with Gasteiger partial charge in [0.05, 0.1) is 5.56 Å². The Morgan fingerprint density at radius 2 is 1.93 bits per heavy atom. The Hall–Kier alpha value is -2.77. The molecule has 2 aromatic rings. The number of carboxylic acid groups (broad SMARTS) is 1. The number of anilines is 2. The fourth-order valence-electron chi connectivity index (χ4n) is 3.32. The van der Waals surface area contributed by atoms with Crippen molar-refractivity contribution in [2.45, 2.75) is 6.42 Å². The standard InChI is InChI=1S/C22H27ClN4O3/c1-30-14-4-9-24-22(25-19-7-2-5-17(15-19)21(28)29)27-12-10-26(11-13-27)20-8-3-6-18(23)16-20/h2-3,5-8,15-16H,4,9-14H2,1H3,(H,24,25)(H,28,29). The molecule has 0 amide bonds. The van der Waals surface area contributed by atoms with Gasteiger partial charge >= 0.3 is 5.97 Å². The average Bonchev–Trinajstić information content (AvgIpc) is 2.76. The first-order valence-corrected chi connectivity index (χ1v) is 10.3. The fourth-order valence-corrected chi connectivity index (χ4v) is 3.51. The number of hydrogen-bond donors (Lipinski definition) is 2. The molecule has 8 heteroatoms. The zero-order valence-corrected chi connectivity index (χ0v) is 17.8. The van der Waals surface area contributed by atoms with E-state index in [-0.39, 0.29) is 5.56 Å². The quantitative estimate of drug-likeness (QED) is 0.396. The van der Waals surface area contributed by atoms with E-state index in [0.29, 0.717) is 18.8 Å². The van der Waals surface area contributed by atoms with Gasteiger partial charge in [0.25, 0.3) is 0 Å². The number of piperazine rings is 1. The van der Waals surface area contributed by atoms with Crippen LogP contribution in [0.4, 0.5) is 11.4 Å². The molecule has 0 spiro atoms. The Labute approximate surface area is 181 Å². The summed E-state index contributed by atoms with van der Waals surface area (Å²) in [5, 5.41) is 13.3. The van der Waals surface area contributed by atoms with Gasteiger partial charge in [0, 0.05) is 62.8 Å². The van der Waals surface area contributed by atoms with Crippen molar-refractivity contribution in [2.24, 2.45) is 4.99 Å². The first-order chi connectivity index (χ1) is 14.6. The average molecular weight is 431 g/mol. The van der Waals surface area contributed by atoms with Crippen LogP contribution in [0.3, 0.4) is 0 Å². The number of carboxylic acids is 1. The maximum atomic E-state index is 11.3. The van der Waals surface area contributed by atoms with Crippen molar-refractivity contribution in [2.75, 3.05) is 56.7 Å². The van der Waals surface area contributed by atoms with Gasteiger partial charge in [0.2, 0.25) is 0 Å². The van der Waals surface area contributed by atoms with Crippen molar-refractivity contribution >= 4 is 34.9 Å². The highest BCUT2D eigenvalue weighted by molar-refractivity contribution is 6.30. The van der Waals surface area contributed by atoms with E-state index in [1.807, 2.05) is 24.3 Å². The van der Waals surface area contributed by atoms with Crippen LogP contribution in [0.2, 0.25) is 5.02 Å². The lowest BCUT2D eigenvalue weighted by Gasteiger charge is -2.37. The molecule has 2 N–H and O–H groups in total. The van der Waals surface area contributed by atoms with E-state index in [1.54, 1.807) is 25.3 Å². The van der Waals surface area contributed by atoms with Gasteiger partial charge in [0.1, 0.15) is 0 Å². The van der Waals surface area contributed by atoms with Crippen LogP contribution in [0, 0.1) is 0 Å². The molecule has 7 nitrogen and oxygen atoms in total. The number of aliphatic imine (C=N–C) groups is 1. The Balaban J connectivity index is 1.69. The summed E-state index contributed by atoms with van der Waals surface area (Å²) in [5.74, 6) is -0.202. The summed E-state index contributed by atoms with van der Waals surface area (Å²) in [6, 6.07) is 14.7. The molecule has 1 heterocycles. The summed E-state index contributed by atoms with van der Waals surface area (Å²) >= 11 is 6.13. The van der Waals surface area contributed by atoms with Gasteiger partial charge in [-0.2, -0.15) is 0 Å². The lowest BCUT2D eigenvalue weighted by atomic mass is 10.2. The first-order valence-electron chi connectivity index (χ1n) is 9.96. The number of nitrogens with zero attached hydrogens (tertiary/aromatic N) is 3. The van der Waals surface area contributed by atoms with Gasteiger partial charge in [-0.05, 0) is 42.8 Å². The zero-order chi connectivity index (χ0) is 21.3. The van der Waals surface area contributed by atoms with E-state index in [0.717, 1.165) is 49.3 Å². The molecule has 0 aliphatic carbocycles. The van der Waals surface area contributed by atoms with Gasteiger partial charge in [-0.15, -0.1) is 0 Å². The highest BCUT2D eigenvalue weighted by atomic mass is 35.5. The Morgan fingerprint density at radius 1 is 1.17 bits per heavy atom. The van der Waals surface area contributed by atoms with Crippen molar-refractivity contribution in [1.29, 1.82) is 0 Å². The fraction of sp³-hybridized carbons (Fsp3) is 0.364. The second-order valence-electron chi connectivity index (χ2n) is 7.02. The van der Waals surface area contributed by atoms with E-state index in [9.17, 15) is 9.90 Å². The minimum atomic E-state index is -0.952. The minimum Gasteiger partial charge on any atom is -0.478 e. The molecule has 0 atom stereocenters. The molecule has 0 radical (unpaired) electrons. The van der Waals surface area contributed by atoms with Gasteiger partial charge in [-0.3, -0.25) is 4.99 Å². The Bertz CT molecular complexity index is 882. The number of nitrogens with one attached hydrogen (secondary N) is 1. The maximum Gasteiger partial charge on any atom is 0.335 e. The lowest BCUT2D eigenvalue weighted by molar-refractivity contribution is 0.0697. The second-order valence-corrected chi connectivity index (χ2v) is 7.45. The first kappa shape index (κ1) is 21.9. The summed E-state index contributed by atoms with van der Waals surface area (Å²) in [6.45, 7) is 4.54. The van der Waals surface area contributed by atoms with Gasteiger partial charge in [-0.1, -0.05) is 23.7 Å². The van der Waals surface area contributed by atoms with Crippen molar-refractivity contribution in [3.63, 3.8) is 0 Å². The molecule has 1 aliphatic heterocycles. The molecule has 0 aromatic heterocycles. The van der Waals surface area contributed by atoms with Crippen LogP contribution in [0.1, 0.15) is 16.8 Å². The molecule has 2 aromatic carbocycles. The number of benzene rings is 2. The molecule has 160 valence electrons. The number of aromatic carboxylic acids is 1. The van der Waals surface area contributed by atoms with Crippen molar-refractivity contribution < 1.29 is 14.6 Å². The van der Waals surface area contributed by atoms with Crippen LogP contribution < -0.4 is 10.2 Å². The maximum absolute atomic E-state index is 11.3. The molecule has 3 rings (SSSR count). The normalized spacial score (nSPS) is 14.7. The number of ether oxygens (including phenoxy) is 1. The van der Waals surface area contributed by atoms with Crippen molar-refractivity contribution in [3.05, 3.63) is 59.1 Å². The van der Waals surface area contributed by atoms with E-state index in [2.05, 4.69) is 21.2 Å². The minimum absolute atomic E-state index is 0.240. The second kappa shape index (κ2) is 10.8. The van der Waals surface area contributed by atoms with E-state index in [4.69, 9.17) is 21.3 Å². The van der Waals surface area contributed by atoms with Crippen LogP contribution in [0.5, 0.6) is 0 Å². The molecule has 1 aliphatic rings. The summed E-state index contributed by atoms with van der Waals surface area (Å²) < 4.78 is 5.12. The predicted octanol–water partition coefficient (Wildman–Crippen LogP) is 3.66. The highest BCUT2D eigenvalue weighted by Gasteiger charge is 2.20. The third-order valence-corrected chi connectivity index (χ3v) is 5.12. The van der Waals surface area contributed by atoms with Crippen LogP contribution in [-0.2, 0) is 4.74 Å². The zero-order valence-electron chi connectivity index (χ0n) is 17.1. The smallest absolute Gasteiger partial charge is 0.335 e. The molecule has 0 bridgehead atoms. The molecule has 1 fully saturated rings. The van der Waals surface area contributed by atoms with E-state index in [1.165, 1.54) is 0 Å². The lowest BCUT2D eigenvalue weighted by Crippen LogP contribution is -2.50. The third-order valence-electron chi connectivity index (χ3n) is 4.89. The van der Waals surface area contributed by atoms with Crippen LogP contribution in [0.25, 0.3) is 0 Å². The molecule has 30 heavy (non-hydrogen) atoms. The summed E-state index contributed by atoms with van der Waals surface area (Å²) in [6.07, 6.45) is 0.819. The molecular weight excluding hydrogens is 404 g/mol. The highest BCUT2D eigenvalue weighted by Crippen LogP contribution is 2.21. The van der Waals surface area contributed by atoms with Crippen LogP contribution >= 0.6 is 11.6 Å². The summed E-state index contributed by atoms with van der Waals surface area (Å²) in [4.78, 5) is 20.5. The predicted molar refractivity (Wildman–Crippen MR) is 121 cm³/mol. The molecule has 1 saturated heterocycles. The van der Waals surface area contributed by atoms with Crippen molar-refractivity contribution in [3.8, 4) is 0 Å².